The summed E-state index contributed by atoms with van der Waals surface area (Å²) in [7, 11) is 1.29. The molecule has 0 spiro atoms. The molecule has 1 saturated heterocycles. The first-order valence-corrected chi connectivity index (χ1v) is 9.59. The van der Waals surface area contributed by atoms with Crippen LogP contribution in [0.4, 0.5) is 17.1 Å². The van der Waals surface area contributed by atoms with Gasteiger partial charge in [0.15, 0.2) is 0 Å². The first kappa shape index (κ1) is 20.4. The molecule has 1 aliphatic heterocycles. The third-order valence-corrected chi connectivity index (χ3v) is 4.88. The van der Waals surface area contributed by atoms with Crippen molar-refractivity contribution in [1.29, 1.82) is 0 Å². The summed E-state index contributed by atoms with van der Waals surface area (Å²) in [4.78, 5) is 40.0. The summed E-state index contributed by atoms with van der Waals surface area (Å²) >= 11 is 0. The molecule has 152 valence electrons. The Balaban J connectivity index is 1.67. The van der Waals surface area contributed by atoms with Crippen molar-refractivity contribution >= 4 is 34.8 Å². The fourth-order valence-corrected chi connectivity index (χ4v) is 3.38. The molecule has 0 saturated carbocycles. The van der Waals surface area contributed by atoms with Gasteiger partial charge < -0.3 is 19.9 Å². The zero-order valence-corrected chi connectivity index (χ0v) is 16.7. The highest BCUT2D eigenvalue weighted by Crippen LogP contribution is 2.22. The summed E-state index contributed by atoms with van der Waals surface area (Å²) in [5.41, 5.74) is 2.59. The summed E-state index contributed by atoms with van der Waals surface area (Å²) in [5.74, 6) is -1.12. The third-order valence-electron chi connectivity index (χ3n) is 4.88. The second kappa shape index (κ2) is 9.23. The van der Waals surface area contributed by atoms with E-state index in [0.717, 1.165) is 18.8 Å². The number of rotatable bonds is 6. The molecule has 7 nitrogen and oxygen atoms in total. The van der Waals surface area contributed by atoms with E-state index in [4.69, 9.17) is 4.74 Å². The predicted octanol–water partition coefficient (Wildman–Crippen LogP) is 3.07. The molecule has 0 atom stereocenters. The molecule has 2 aromatic rings. The van der Waals surface area contributed by atoms with Gasteiger partial charge in [-0.1, -0.05) is 6.07 Å². The fraction of sp³-hybridized carbons (Fsp3) is 0.318. The van der Waals surface area contributed by atoms with Crippen molar-refractivity contribution in [2.24, 2.45) is 0 Å². The van der Waals surface area contributed by atoms with E-state index in [0.29, 0.717) is 16.9 Å². The van der Waals surface area contributed by atoms with Crippen molar-refractivity contribution in [2.45, 2.75) is 19.8 Å². The number of anilines is 3. The molecule has 1 fully saturated rings. The molecule has 0 aliphatic carbocycles. The van der Waals surface area contributed by atoms with Crippen molar-refractivity contribution in [2.75, 3.05) is 41.9 Å². The smallest absolute Gasteiger partial charge is 0.337 e. The predicted molar refractivity (Wildman–Crippen MR) is 112 cm³/mol. The van der Waals surface area contributed by atoms with E-state index in [1.54, 1.807) is 18.2 Å². The molecular weight excluding hydrogens is 370 g/mol. The van der Waals surface area contributed by atoms with Crippen molar-refractivity contribution < 1.29 is 19.1 Å². The lowest BCUT2D eigenvalue weighted by Crippen LogP contribution is -2.36. The van der Waals surface area contributed by atoms with Gasteiger partial charge in [-0.15, -0.1) is 0 Å². The Labute approximate surface area is 170 Å². The van der Waals surface area contributed by atoms with Crippen molar-refractivity contribution in [1.82, 2.24) is 0 Å². The van der Waals surface area contributed by atoms with Crippen LogP contribution in [-0.2, 0) is 14.3 Å². The standard InChI is InChI=1S/C22H25N3O4/c1-16(26)25(20-7-5-6-17(14-20)22(28)29-2)15-21(27)23-18-8-10-19(11-9-18)24-12-3-4-13-24/h5-11,14H,3-4,12-13,15H2,1-2H3,(H,23,27). The van der Waals surface area contributed by atoms with Crippen LogP contribution in [0.2, 0.25) is 0 Å². The molecule has 0 radical (unpaired) electrons. The van der Waals surface area contributed by atoms with Crippen molar-refractivity contribution in [3.63, 3.8) is 0 Å². The van der Waals surface area contributed by atoms with Gasteiger partial charge in [0.05, 0.1) is 12.7 Å². The number of hydrogen-bond donors (Lipinski definition) is 1. The second-order valence-corrected chi connectivity index (χ2v) is 6.94. The zero-order valence-electron chi connectivity index (χ0n) is 16.7. The van der Waals surface area contributed by atoms with Crippen LogP contribution in [0, 0.1) is 0 Å². The monoisotopic (exact) mass is 395 g/mol. The van der Waals surface area contributed by atoms with E-state index in [1.807, 2.05) is 24.3 Å². The van der Waals surface area contributed by atoms with Crippen LogP contribution in [0.1, 0.15) is 30.1 Å². The maximum atomic E-state index is 12.5. The van der Waals surface area contributed by atoms with Crippen LogP contribution in [0.3, 0.4) is 0 Å². The molecular formula is C22H25N3O4. The molecule has 1 N–H and O–H groups in total. The Hall–Kier alpha value is -3.35. The Morgan fingerprint density at radius 2 is 1.76 bits per heavy atom. The molecule has 1 aliphatic rings. The lowest BCUT2D eigenvalue weighted by Gasteiger charge is -2.21. The number of benzene rings is 2. The number of hydrogen-bond acceptors (Lipinski definition) is 5. The van der Waals surface area contributed by atoms with Crippen molar-refractivity contribution in [3.8, 4) is 0 Å². The van der Waals surface area contributed by atoms with Crippen LogP contribution < -0.4 is 15.1 Å². The molecule has 0 unspecified atom stereocenters. The van der Waals surface area contributed by atoms with E-state index in [2.05, 4.69) is 10.2 Å². The van der Waals surface area contributed by atoms with E-state index in [1.165, 1.54) is 37.8 Å². The van der Waals surface area contributed by atoms with Crippen LogP contribution in [0.25, 0.3) is 0 Å². The molecule has 2 amide bonds. The number of amides is 2. The first-order chi connectivity index (χ1) is 14.0. The Bertz CT molecular complexity index is 889. The molecule has 7 heteroatoms. The number of esters is 1. The van der Waals surface area contributed by atoms with Crippen LogP contribution in [0.15, 0.2) is 48.5 Å². The maximum Gasteiger partial charge on any atom is 0.337 e. The Morgan fingerprint density at radius 3 is 2.38 bits per heavy atom. The van der Waals surface area contributed by atoms with Gasteiger partial charge in [-0.25, -0.2) is 4.79 Å². The average Bonchev–Trinajstić information content (AvgIpc) is 3.26. The minimum Gasteiger partial charge on any atom is -0.465 e. The topological polar surface area (TPSA) is 79.0 Å². The van der Waals surface area contributed by atoms with Gasteiger partial charge in [0.1, 0.15) is 6.54 Å². The van der Waals surface area contributed by atoms with Gasteiger partial charge in [-0.05, 0) is 55.3 Å². The minimum atomic E-state index is -0.502. The fourth-order valence-electron chi connectivity index (χ4n) is 3.38. The Morgan fingerprint density at radius 1 is 1.07 bits per heavy atom. The molecule has 3 rings (SSSR count). The van der Waals surface area contributed by atoms with Crippen LogP contribution in [0.5, 0.6) is 0 Å². The summed E-state index contributed by atoms with van der Waals surface area (Å²) in [6.45, 7) is 3.34. The molecule has 1 heterocycles. The molecule has 29 heavy (non-hydrogen) atoms. The molecule has 0 bridgehead atoms. The maximum absolute atomic E-state index is 12.5. The highest BCUT2D eigenvalue weighted by Gasteiger charge is 2.18. The number of carbonyl (C=O) groups excluding carboxylic acids is 3. The van der Waals surface area contributed by atoms with Gasteiger partial charge in [-0.2, -0.15) is 0 Å². The van der Waals surface area contributed by atoms with Gasteiger partial charge in [0.25, 0.3) is 0 Å². The summed E-state index contributed by atoms with van der Waals surface area (Å²) in [5, 5.41) is 2.82. The zero-order chi connectivity index (χ0) is 20.8. The lowest BCUT2D eigenvalue weighted by molar-refractivity contribution is -0.120. The average molecular weight is 395 g/mol. The van der Waals surface area contributed by atoms with Gasteiger partial charge in [-0.3, -0.25) is 9.59 Å². The number of nitrogens with zero attached hydrogens (tertiary/aromatic N) is 2. The third kappa shape index (κ3) is 5.13. The molecule has 2 aromatic carbocycles. The van der Waals surface area contributed by atoms with Crippen molar-refractivity contribution in [3.05, 3.63) is 54.1 Å². The summed E-state index contributed by atoms with van der Waals surface area (Å²) < 4.78 is 4.71. The van der Waals surface area contributed by atoms with Gasteiger partial charge in [0, 0.05) is 37.1 Å². The molecule has 0 aromatic heterocycles. The highest BCUT2D eigenvalue weighted by atomic mass is 16.5. The minimum absolute atomic E-state index is 0.159. The number of carbonyl (C=O) groups is 3. The highest BCUT2D eigenvalue weighted by molar-refractivity contribution is 6.02. The SMILES string of the molecule is COC(=O)c1cccc(N(CC(=O)Nc2ccc(N3CCCC3)cc2)C(C)=O)c1. The largest absolute Gasteiger partial charge is 0.465 e. The van der Waals surface area contributed by atoms with Gasteiger partial charge >= 0.3 is 5.97 Å². The Kier molecular flexibility index (Phi) is 6.49. The normalized spacial score (nSPS) is 13.1. The lowest BCUT2D eigenvalue weighted by atomic mass is 10.2. The quantitative estimate of drug-likeness (QED) is 0.761. The van der Waals surface area contributed by atoms with Crippen LogP contribution >= 0.6 is 0 Å². The van der Waals surface area contributed by atoms with E-state index >= 15 is 0 Å². The number of methoxy groups -OCH3 is 1. The first-order valence-electron chi connectivity index (χ1n) is 9.59. The van der Waals surface area contributed by atoms with E-state index < -0.39 is 5.97 Å². The van der Waals surface area contributed by atoms with E-state index in [-0.39, 0.29) is 18.4 Å². The number of nitrogens with one attached hydrogen (secondary N) is 1. The van der Waals surface area contributed by atoms with Crippen LogP contribution in [-0.4, -0.2) is 44.5 Å². The van der Waals surface area contributed by atoms with E-state index in [9.17, 15) is 14.4 Å². The number of ether oxygens (including phenoxy) is 1. The van der Waals surface area contributed by atoms with Gasteiger partial charge in [0.2, 0.25) is 11.8 Å². The summed E-state index contributed by atoms with van der Waals surface area (Å²) in [6, 6.07) is 14.1. The summed E-state index contributed by atoms with van der Waals surface area (Å²) in [6.07, 6.45) is 2.41. The second-order valence-electron chi connectivity index (χ2n) is 6.94.